The van der Waals surface area contributed by atoms with Crippen molar-refractivity contribution in [3.05, 3.63) is 22.4 Å². The Labute approximate surface area is 59.0 Å². The molecule has 1 aromatic heterocycles. The van der Waals surface area contributed by atoms with Crippen LogP contribution in [-0.4, -0.2) is 11.7 Å². The zero-order valence-electron chi connectivity index (χ0n) is 5.37. The smallest absolute Gasteiger partial charge is 0.0497 e. The second-order valence-corrected chi connectivity index (χ2v) is 2.92. The number of hydrogen-bond donors (Lipinski definition) is 1. The van der Waals surface area contributed by atoms with E-state index in [4.69, 9.17) is 5.11 Å². The fraction of sp³-hybridized carbons (Fsp3) is 0.429. The molecule has 0 aliphatic rings. The molecule has 0 saturated carbocycles. The SMILES string of the molecule is C[C@H](CO)c1ccsc1. The van der Waals surface area contributed by atoms with Gasteiger partial charge >= 0.3 is 0 Å². The molecule has 0 aliphatic heterocycles. The molecular weight excluding hydrogens is 132 g/mol. The number of thiophene rings is 1. The molecule has 9 heavy (non-hydrogen) atoms. The van der Waals surface area contributed by atoms with Gasteiger partial charge in [0.25, 0.3) is 0 Å². The van der Waals surface area contributed by atoms with Crippen molar-refractivity contribution in [1.82, 2.24) is 0 Å². The predicted molar refractivity (Wildman–Crippen MR) is 39.8 cm³/mol. The van der Waals surface area contributed by atoms with Gasteiger partial charge in [-0.05, 0) is 22.4 Å². The van der Waals surface area contributed by atoms with Crippen molar-refractivity contribution in [1.29, 1.82) is 0 Å². The molecule has 1 aromatic rings. The van der Waals surface area contributed by atoms with Crippen LogP contribution in [0.3, 0.4) is 0 Å². The average Bonchev–Trinajstić information content (AvgIpc) is 2.37. The third kappa shape index (κ3) is 1.53. The van der Waals surface area contributed by atoms with E-state index in [2.05, 4.69) is 5.38 Å². The molecule has 2 heteroatoms. The van der Waals surface area contributed by atoms with E-state index < -0.39 is 0 Å². The quantitative estimate of drug-likeness (QED) is 0.668. The molecule has 0 spiro atoms. The Morgan fingerprint density at radius 3 is 3.00 bits per heavy atom. The van der Waals surface area contributed by atoms with Gasteiger partial charge in [-0.3, -0.25) is 0 Å². The highest BCUT2D eigenvalue weighted by Crippen LogP contribution is 2.16. The minimum absolute atomic E-state index is 0.247. The van der Waals surface area contributed by atoms with Crippen LogP contribution in [0.4, 0.5) is 0 Å². The molecule has 1 N–H and O–H groups in total. The zero-order valence-corrected chi connectivity index (χ0v) is 6.19. The van der Waals surface area contributed by atoms with Gasteiger partial charge in [0.05, 0.1) is 0 Å². The average molecular weight is 142 g/mol. The van der Waals surface area contributed by atoms with Gasteiger partial charge in [-0.25, -0.2) is 0 Å². The summed E-state index contributed by atoms with van der Waals surface area (Å²) in [7, 11) is 0. The molecule has 0 aliphatic carbocycles. The van der Waals surface area contributed by atoms with Crippen LogP contribution in [0.1, 0.15) is 18.4 Å². The van der Waals surface area contributed by atoms with Gasteiger partial charge in [0.1, 0.15) is 0 Å². The summed E-state index contributed by atoms with van der Waals surface area (Å²) in [6.45, 7) is 2.26. The van der Waals surface area contributed by atoms with Crippen LogP contribution in [0.5, 0.6) is 0 Å². The molecule has 1 heterocycles. The van der Waals surface area contributed by atoms with E-state index in [1.165, 1.54) is 5.56 Å². The summed E-state index contributed by atoms with van der Waals surface area (Å²) in [5, 5.41) is 12.8. The van der Waals surface area contributed by atoms with Gasteiger partial charge in [-0.2, -0.15) is 11.3 Å². The van der Waals surface area contributed by atoms with Crippen molar-refractivity contribution >= 4 is 11.3 Å². The number of aliphatic hydroxyl groups is 1. The van der Waals surface area contributed by atoms with Gasteiger partial charge in [0.15, 0.2) is 0 Å². The predicted octanol–water partition coefficient (Wildman–Crippen LogP) is 1.84. The van der Waals surface area contributed by atoms with E-state index in [1.807, 2.05) is 18.4 Å². The zero-order chi connectivity index (χ0) is 6.69. The lowest BCUT2D eigenvalue weighted by Crippen LogP contribution is -1.95. The molecule has 0 bridgehead atoms. The first-order chi connectivity index (χ1) is 4.34. The first kappa shape index (κ1) is 6.78. The van der Waals surface area contributed by atoms with Crippen LogP contribution in [0.2, 0.25) is 0 Å². The van der Waals surface area contributed by atoms with E-state index in [-0.39, 0.29) is 6.61 Å². The monoisotopic (exact) mass is 142 g/mol. The summed E-state index contributed by atoms with van der Waals surface area (Å²) >= 11 is 1.67. The molecule has 0 fully saturated rings. The fourth-order valence-electron chi connectivity index (χ4n) is 0.661. The normalized spacial score (nSPS) is 13.6. The summed E-state index contributed by atoms with van der Waals surface area (Å²) in [5.41, 5.74) is 1.24. The van der Waals surface area contributed by atoms with Crippen LogP contribution < -0.4 is 0 Å². The first-order valence-electron chi connectivity index (χ1n) is 2.97. The third-order valence-corrected chi connectivity index (χ3v) is 2.09. The van der Waals surface area contributed by atoms with Crippen molar-refractivity contribution in [3.63, 3.8) is 0 Å². The Bertz CT molecular complexity index is 157. The highest BCUT2D eigenvalue weighted by Gasteiger charge is 2.01. The highest BCUT2D eigenvalue weighted by molar-refractivity contribution is 7.07. The summed E-state index contributed by atoms with van der Waals surface area (Å²) in [5.74, 6) is 0.302. The third-order valence-electron chi connectivity index (χ3n) is 1.39. The molecule has 0 radical (unpaired) electrons. The lowest BCUT2D eigenvalue weighted by Gasteiger charge is -2.01. The second kappa shape index (κ2) is 2.99. The van der Waals surface area contributed by atoms with Crippen molar-refractivity contribution in [3.8, 4) is 0 Å². The maximum Gasteiger partial charge on any atom is 0.0497 e. The standard InChI is InChI=1S/C7H10OS/c1-6(4-8)7-2-3-9-5-7/h2-3,5-6,8H,4H2,1H3/t6-/m1/s1. The lowest BCUT2D eigenvalue weighted by molar-refractivity contribution is 0.273. The first-order valence-corrected chi connectivity index (χ1v) is 3.92. The number of hydrogen-bond acceptors (Lipinski definition) is 2. The second-order valence-electron chi connectivity index (χ2n) is 2.14. The van der Waals surface area contributed by atoms with Gasteiger partial charge in [-0.15, -0.1) is 0 Å². The Kier molecular flexibility index (Phi) is 2.25. The largest absolute Gasteiger partial charge is 0.396 e. The van der Waals surface area contributed by atoms with Crippen molar-refractivity contribution in [2.45, 2.75) is 12.8 Å². The molecule has 0 unspecified atom stereocenters. The topological polar surface area (TPSA) is 20.2 Å². The van der Waals surface area contributed by atoms with E-state index in [0.717, 1.165) is 0 Å². The highest BCUT2D eigenvalue weighted by atomic mass is 32.1. The number of aliphatic hydroxyl groups excluding tert-OH is 1. The summed E-state index contributed by atoms with van der Waals surface area (Å²) < 4.78 is 0. The van der Waals surface area contributed by atoms with Crippen molar-refractivity contribution < 1.29 is 5.11 Å². The molecule has 0 amide bonds. The van der Waals surface area contributed by atoms with Gasteiger partial charge in [0.2, 0.25) is 0 Å². The van der Waals surface area contributed by atoms with Crippen LogP contribution in [0, 0.1) is 0 Å². The van der Waals surface area contributed by atoms with Crippen LogP contribution >= 0.6 is 11.3 Å². The molecule has 50 valence electrons. The van der Waals surface area contributed by atoms with Crippen LogP contribution in [0.15, 0.2) is 16.8 Å². The van der Waals surface area contributed by atoms with Crippen molar-refractivity contribution in [2.75, 3.05) is 6.61 Å². The fourth-order valence-corrected chi connectivity index (χ4v) is 1.44. The van der Waals surface area contributed by atoms with Gasteiger partial charge < -0.3 is 5.11 Å². The van der Waals surface area contributed by atoms with Crippen molar-refractivity contribution in [2.24, 2.45) is 0 Å². The molecule has 1 atom stereocenters. The van der Waals surface area contributed by atoms with E-state index in [1.54, 1.807) is 11.3 Å². The Balaban J connectivity index is 2.65. The molecule has 1 nitrogen and oxygen atoms in total. The van der Waals surface area contributed by atoms with E-state index >= 15 is 0 Å². The molecule has 1 rings (SSSR count). The van der Waals surface area contributed by atoms with Crippen LogP contribution in [0.25, 0.3) is 0 Å². The maximum atomic E-state index is 8.71. The Hall–Kier alpha value is -0.340. The number of rotatable bonds is 2. The van der Waals surface area contributed by atoms with Gasteiger partial charge in [0, 0.05) is 12.5 Å². The lowest BCUT2D eigenvalue weighted by atomic mass is 10.1. The summed E-state index contributed by atoms with van der Waals surface area (Å²) in [6, 6.07) is 2.05. The Morgan fingerprint density at radius 2 is 2.56 bits per heavy atom. The maximum absolute atomic E-state index is 8.71. The summed E-state index contributed by atoms with van der Waals surface area (Å²) in [4.78, 5) is 0. The molecule has 0 aromatic carbocycles. The molecule has 0 saturated heterocycles. The van der Waals surface area contributed by atoms with E-state index in [9.17, 15) is 0 Å². The minimum atomic E-state index is 0.247. The Morgan fingerprint density at radius 1 is 1.78 bits per heavy atom. The molecular formula is C7H10OS. The van der Waals surface area contributed by atoms with Gasteiger partial charge in [-0.1, -0.05) is 6.92 Å². The minimum Gasteiger partial charge on any atom is -0.396 e. The summed E-state index contributed by atoms with van der Waals surface area (Å²) in [6.07, 6.45) is 0. The van der Waals surface area contributed by atoms with Crippen LogP contribution in [-0.2, 0) is 0 Å². The van der Waals surface area contributed by atoms with E-state index in [0.29, 0.717) is 5.92 Å².